The topological polar surface area (TPSA) is 50.1 Å². The van der Waals surface area contributed by atoms with Gasteiger partial charge in [-0.25, -0.2) is 4.79 Å². The van der Waals surface area contributed by atoms with Gasteiger partial charge < -0.3 is 4.74 Å². The van der Waals surface area contributed by atoms with E-state index < -0.39 is 23.3 Å². The monoisotopic (exact) mass is 335 g/mol. The third-order valence-corrected chi connectivity index (χ3v) is 2.94. The molecule has 0 amide bonds. The lowest BCUT2D eigenvalue weighted by molar-refractivity contribution is -0.137. The van der Waals surface area contributed by atoms with Crippen molar-refractivity contribution in [2.24, 2.45) is 0 Å². The van der Waals surface area contributed by atoms with E-state index in [4.69, 9.17) is 10.00 Å². The van der Waals surface area contributed by atoms with E-state index in [0.717, 1.165) is 12.1 Å². The Balaban J connectivity index is 3.57. The zero-order chi connectivity index (χ0) is 14.6. The molecule has 3 nitrogen and oxygen atoms in total. The van der Waals surface area contributed by atoms with Crippen molar-refractivity contribution in [3.63, 3.8) is 0 Å². The van der Waals surface area contributed by atoms with Gasteiger partial charge in [0.15, 0.2) is 0 Å². The van der Waals surface area contributed by atoms with Gasteiger partial charge in [-0.1, -0.05) is 22.0 Å². The van der Waals surface area contributed by atoms with Gasteiger partial charge in [-0.2, -0.15) is 18.4 Å². The highest BCUT2D eigenvalue weighted by Crippen LogP contribution is 2.35. The third-order valence-electron chi connectivity index (χ3n) is 2.33. The third kappa shape index (κ3) is 3.26. The van der Waals surface area contributed by atoms with E-state index >= 15 is 0 Å². The lowest BCUT2D eigenvalue weighted by Crippen LogP contribution is -2.16. The van der Waals surface area contributed by atoms with Crippen molar-refractivity contribution in [2.45, 2.75) is 18.4 Å². The molecule has 102 valence electrons. The molecule has 0 spiro atoms. The summed E-state index contributed by atoms with van der Waals surface area (Å²) in [6.45, 7) is 1.55. The Kier molecular flexibility index (Phi) is 4.95. The summed E-state index contributed by atoms with van der Waals surface area (Å²) in [4.78, 5) is 11.7. The lowest BCUT2D eigenvalue weighted by atomic mass is 9.97. The van der Waals surface area contributed by atoms with Crippen LogP contribution in [0.2, 0.25) is 0 Å². The maximum absolute atomic E-state index is 12.8. The molecule has 0 atom stereocenters. The maximum atomic E-state index is 12.8. The average Bonchev–Trinajstić information content (AvgIpc) is 2.35. The normalized spacial score (nSPS) is 10.9. The molecule has 0 bridgehead atoms. The molecule has 0 aliphatic heterocycles. The van der Waals surface area contributed by atoms with Gasteiger partial charge in [-0.3, -0.25) is 0 Å². The molecule has 0 saturated heterocycles. The molecule has 0 radical (unpaired) electrons. The van der Waals surface area contributed by atoms with Crippen LogP contribution in [-0.4, -0.2) is 12.6 Å². The number of alkyl halides is 4. The van der Waals surface area contributed by atoms with E-state index in [1.807, 2.05) is 0 Å². The van der Waals surface area contributed by atoms with Crippen LogP contribution in [0, 0.1) is 11.3 Å². The van der Waals surface area contributed by atoms with Gasteiger partial charge in [-0.15, -0.1) is 0 Å². The Morgan fingerprint density at radius 2 is 2.11 bits per heavy atom. The first-order valence-corrected chi connectivity index (χ1v) is 6.35. The molecule has 0 fully saturated rings. The maximum Gasteiger partial charge on any atom is 0.417 e. The van der Waals surface area contributed by atoms with Gasteiger partial charge in [0, 0.05) is 5.33 Å². The van der Waals surface area contributed by atoms with Crippen molar-refractivity contribution in [2.75, 3.05) is 6.61 Å². The van der Waals surface area contributed by atoms with Crippen LogP contribution in [0.15, 0.2) is 12.1 Å². The fourth-order valence-electron chi connectivity index (χ4n) is 1.55. The Labute approximate surface area is 116 Å². The average molecular weight is 336 g/mol. The fraction of sp³-hybridized carbons (Fsp3) is 0.333. The molecule has 1 aromatic carbocycles. The first-order chi connectivity index (χ1) is 8.86. The molecule has 0 aliphatic carbocycles. The van der Waals surface area contributed by atoms with Crippen LogP contribution in [0.25, 0.3) is 0 Å². The Morgan fingerprint density at radius 3 is 2.53 bits per heavy atom. The number of ether oxygens (including phenoxy) is 1. The number of nitriles is 1. The summed E-state index contributed by atoms with van der Waals surface area (Å²) in [5, 5.41) is 9.07. The largest absolute Gasteiger partial charge is 0.462 e. The summed E-state index contributed by atoms with van der Waals surface area (Å²) in [5.41, 5.74) is -1.90. The molecule has 0 saturated carbocycles. The van der Waals surface area contributed by atoms with Gasteiger partial charge in [0.25, 0.3) is 0 Å². The molecular weight excluding hydrogens is 327 g/mol. The minimum Gasteiger partial charge on any atom is -0.462 e. The number of carbonyl (C=O) groups excluding carboxylic acids is 1. The van der Waals surface area contributed by atoms with Crippen LogP contribution in [0.3, 0.4) is 0 Å². The second kappa shape index (κ2) is 6.06. The standard InChI is InChI=1S/C12H9BrF3NO2/c1-2-19-11(18)10-7(5-13)3-4-9(8(10)6-17)12(14,15)16/h3-4H,2,5H2,1H3. The number of rotatable bonds is 3. The highest BCUT2D eigenvalue weighted by molar-refractivity contribution is 9.08. The van der Waals surface area contributed by atoms with E-state index in [2.05, 4.69) is 15.9 Å². The summed E-state index contributed by atoms with van der Waals surface area (Å²) < 4.78 is 43.1. The number of hydrogen-bond donors (Lipinski definition) is 0. The minimum atomic E-state index is -4.70. The number of halogens is 4. The number of esters is 1. The van der Waals surface area contributed by atoms with Crippen LogP contribution >= 0.6 is 15.9 Å². The van der Waals surface area contributed by atoms with Gasteiger partial charge in [0.2, 0.25) is 0 Å². The Morgan fingerprint density at radius 1 is 1.47 bits per heavy atom. The van der Waals surface area contributed by atoms with Crippen molar-refractivity contribution in [1.82, 2.24) is 0 Å². The van der Waals surface area contributed by atoms with E-state index in [1.165, 1.54) is 13.0 Å². The summed E-state index contributed by atoms with van der Waals surface area (Å²) in [7, 11) is 0. The zero-order valence-corrected chi connectivity index (χ0v) is 11.4. The summed E-state index contributed by atoms with van der Waals surface area (Å²) >= 11 is 3.07. The number of benzene rings is 1. The molecule has 7 heteroatoms. The highest BCUT2D eigenvalue weighted by atomic mass is 79.9. The second-order valence-corrected chi connectivity index (χ2v) is 4.05. The molecule has 0 N–H and O–H groups in total. The predicted octanol–water partition coefficient (Wildman–Crippen LogP) is 3.65. The minimum absolute atomic E-state index is 0.0155. The number of carbonyl (C=O) groups is 1. The fourth-order valence-corrected chi connectivity index (χ4v) is 2.01. The molecular formula is C12H9BrF3NO2. The van der Waals surface area contributed by atoms with Crippen LogP contribution in [0.5, 0.6) is 0 Å². The summed E-state index contributed by atoms with van der Waals surface area (Å²) in [6.07, 6.45) is -4.70. The number of hydrogen-bond acceptors (Lipinski definition) is 3. The van der Waals surface area contributed by atoms with Gasteiger partial charge in [0.1, 0.15) is 6.07 Å². The Hall–Kier alpha value is -1.55. The molecule has 0 aliphatic rings. The Bertz CT molecular complexity index is 535. The van der Waals surface area contributed by atoms with Crippen molar-refractivity contribution in [1.29, 1.82) is 5.26 Å². The lowest BCUT2D eigenvalue weighted by Gasteiger charge is -2.14. The van der Waals surface area contributed by atoms with Gasteiger partial charge in [-0.05, 0) is 18.6 Å². The van der Waals surface area contributed by atoms with E-state index in [-0.39, 0.29) is 23.1 Å². The van der Waals surface area contributed by atoms with Crippen LogP contribution < -0.4 is 0 Å². The first kappa shape index (κ1) is 15.5. The quantitative estimate of drug-likeness (QED) is 0.625. The number of nitrogens with zero attached hydrogens (tertiary/aromatic N) is 1. The van der Waals surface area contributed by atoms with Crippen LogP contribution in [-0.2, 0) is 16.2 Å². The zero-order valence-electron chi connectivity index (χ0n) is 9.84. The molecule has 1 aromatic rings. The van der Waals surface area contributed by atoms with Gasteiger partial charge >= 0.3 is 12.1 Å². The van der Waals surface area contributed by atoms with Crippen molar-refractivity contribution in [3.05, 3.63) is 34.4 Å². The predicted molar refractivity (Wildman–Crippen MR) is 64.7 cm³/mol. The summed E-state index contributed by atoms with van der Waals surface area (Å²) in [6, 6.07) is 3.39. The molecule has 0 aromatic heterocycles. The molecule has 19 heavy (non-hydrogen) atoms. The smallest absolute Gasteiger partial charge is 0.417 e. The van der Waals surface area contributed by atoms with E-state index in [9.17, 15) is 18.0 Å². The van der Waals surface area contributed by atoms with Gasteiger partial charge in [0.05, 0.1) is 23.3 Å². The van der Waals surface area contributed by atoms with Crippen LogP contribution in [0.1, 0.15) is 34.0 Å². The highest BCUT2D eigenvalue weighted by Gasteiger charge is 2.36. The summed E-state index contributed by atoms with van der Waals surface area (Å²) in [5.74, 6) is -0.931. The SMILES string of the molecule is CCOC(=O)c1c(CBr)ccc(C(F)(F)F)c1C#N. The van der Waals surface area contributed by atoms with E-state index in [1.54, 1.807) is 0 Å². The van der Waals surface area contributed by atoms with Crippen molar-refractivity contribution >= 4 is 21.9 Å². The first-order valence-electron chi connectivity index (χ1n) is 5.23. The van der Waals surface area contributed by atoms with Crippen molar-refractivity contribution in [3.8, 4) is 6.07 Å². The molecule has 1 rings (SSSR count). The van der Waals surface area contributed by atoms with Crippen LogP contribution in [0.4, 0.5) is 13.2 Å². The van der Waals surface area contributed by atoms with E-state index in [0.29, 0.717) is 0 Å². The second-order valence-electron chi connectivity index (χ2n) is 3.49. The molecule has 0 unspecified atom stereocenters. The molecule has 0 heterocycles. The van der Waals surface area contributed by atoms with Crippen molar-refractivity contribution < 1.29 is 22.7 Å².